The number of carbonyl (C=O) groups is 3. The normalized spacial score (nSPS) is 13.7. The summed E-state index contributed by atoms with van der Waals surface area (Å²) in [7, 11) is 6.05. The molecule has 1 aliphatic carbocycles. The zero-order chi connectivity index (χ0) is 35.1. The molecule has 14 nitrogen and oxygen atoms in total. The fourth-order valence-corrected chi connectivity index (χ4v) is 5.12. The summed E-state index contributed by atoms with van der Waals surface area (Å²) < 4.78 is 26.6. The van der Waals surface area contributed by atoms with Crippen LogP contribution in [0.5, 0.6) is 5.75 Å². The molecule has 3 heterocycles. The first kappa shape index (κ1) is 34.4. The molecule has 3 N–H and O–H groups in total. The summed E-state index contributed by atoms with van der Waals surface area (Å²) in [5, 5.41) is 16.4. The quantitative estimate of drug-likeness (QED) is 0.228. The molecule has 3 aromatic rings. The van der Waals surface area contributed by atoms with Crippen molar-refractivity contribution in [1.82, 2.24) is 30.3 Å². The molecule has 5 rings (SSSR count). The maximum atomic E-state index is 15.7. The summed E-state index contributed by atoms with van der Waals surface area (Å²) in [6.45, 7) is 0.287. The average molecular weight is 671 g/mol. The second kappa shape index (κ2) is 15.3. The highest BCUT2D eigenvalue weighted by molar-refractivity contribution is 6.00. The van der Waals surface area contributed by atoms with Gasteiger partial charge < -0.3 is 35.2 Å². The van der Waals surface area contributed by atoms with Gasteiger partial charge in [0.2, 0.25) is 5.91 Å². The number of ether oxygens (including phenoxy) is 2. The second-order valence-electron chi connectivity index (χ2n) is 11.2. The van der Waals surface area contributed by atoms with E-state index in [9.17, 15) is 19.2 Å². The lowest BCUT2D eigenvalue weighted by Crippen LogP contribution is -2.38. The molecule has 2 aliphatic rings. The first-order valence-electron chi connectivity index (χ1n) is 15.3. The number of halogens is 1. The zero-order valence-electron chi connectivity index (χ0n) is 27.4. The van der Waals surface area contributed by atoms with Gasteiger partial charge in [-0.05, 0) is 31.1 Å². The Morgan fingerprint density at radius 2 is 1.92 bits per heavy atom. The van der Waals surface area contributed by atoms with Crippen LogP contribution < -0.4 is 20.7 Å². The van der Waals surface area contributed by atoms with Crippen LogP contribution >= 0.6 is 0 Å². The lowest BCUT2D eigenvalue weighted by molar-refractivity contribution is -0.117. The van der Waals surface area contributed by atoms with E-state index >= 15 is 4.39 Å². The van der Waals surface area contributed by atoms with E-state index < -0.39 is 23.3 Å². The number of nitrogens with zero attached hydrogens (tertiary/aromatic N) is 5. The van der Waals surface area contributed by atoms with Gasteiger partial charge in [-0.25, -0.2) is 14.2 Å². The third-order valence-corrected chi connectivity index (χ3v) is 7.85. The van der Waals surface area contributed by atoms with Crippen LogP contribution in [-0.4, -0.2) is 96.7 Å². The van der Waals surface area contributed by atoms with E-state index in [4.69, 9.17) is 9.47 Å². The Morgan fingerprint density at radius 1 is 1.12 bits per heavy atom. The van der Waals surface area contributed by atoms with Crippen LogP contribution in [0.2, 0.25) is 0 Å². The third kappa shape index (κ3) is 7.80. The van der Waals surface area contributed by atoms with Gasteiger partial charge in [0.25, 0.3) is 11.8 Å². The minimum absolute atomic E-state index is 0.000261. The van der Waals surface area contributed by atoms with Crippen molar-refractivity contribution in [2.45, 2.75) is 12.8 Å². The number of hydrogen-bond acceptors (Lipinski definition) is 11. The van der Waals surface area contributed by atoms with E-state index in [0.717, 1.165) is 12.8 Å². The molecule has 0 bridgehead atoms. The second-order valence-corrected chi connectivity index (χ2v) is 11.2. The number of methoxy groups -OCH3 is 2. The fraction of sp³-hybridized carbons (Fsp3) is 0.294. The largest absolute Gasteiger partial charge is 0.494 e. The van der Waals surface area contributed by atoms with Crippen molar-refractivity contribution in [2.24, 2.45) is 5.92 Å². The molecule has 0 atom stereocenters. The molecular weight excluding hydrogens is 635 g/mol. The molecule has 15 heteroatoms. The summed E-state index contributed by atoms with van der Waals surface area (Å²) in [6, 6.07) is 7.73. The number of hydrogen-bond donors (Lipinski definition) is 3. The maximum absolute atomic E-state index is 15.7. The maximum Gasteiger partial charge on any atom is 0.275 e. The molecule has 49 heavy (non-hydrogen) atoms. The molecular formula is C34H35FN8O6. The van der Waals surface area contributed by atoms with Gasteiger partial charge >= 0.3 is 0 Å². The highest BCUT2D eigenvalue weighted by Crippen LogP contribution is 2.39. The van der Waals surface area contributed by atoms with Crippen LogP contribution in [0.15, 0.2) is 66.2 Å². The van der Waals surface area contributed by atoms with Crippen molar-refractivity contribution in [3.05, 3.63) is 83.4 Å². The van der Waals surface area contributed by atoms with Gasteiger partial charge in [0.15, 0.2) is 29.0 Å². The smallest absolute Gasteiger partial charge is 0.275 e. The summed E-state index contributed by atoms with van der Waals surface area (Å²) in [5.41, 5.74) is 1.70. The van der Waals surface area contributed by atoms with Crippen LogP contribution in [0, 0.1) is 11.7 Å². The lowest BCUT2D eigenvalue weighted by atomic mass is 10.0. The number of anilines is 3. The van der Waals surface area contributed by atoms with Gasteiger partial charge in [0.1, 0.15) is 11.4 Å². The average Bonchev–Trinajstić information content (AvgIpc) is 3.96. The standard InChI is InChI=1S/C34H35FN8O6/c1-36-33(46)30-26(16-28(40-41-30)39-32(45)20-10-11-20)38-25-9-5-8-23(31(25)49-4)22-15-24(35)29(37-17-22)34(47)43(13-14-48-3)18-21-7-6-12-42(2)27(21)19-44/h5-9,12,15-17,20H,10-11,13-14,18H2,1-4H3,(H,36,46)(H2,38,39,40,45). The first-order chi connectivity index (χ1) is 23.7. The molecule has 0 radical (unpaired) electrons. The Bertz CT molecular complexity index is 1890. The summed E-state index contributed by atoms with van der Waals surface area (Å²) in [5.74, 6) is 0.00822. The predicted molar refractivity (Wildman–Crippen MR) is 178 cm³/mol. The van der Waals surface area contributed by atoms with Gasteiger partial charge in [-0.15, -0.1) is 10.2 Å². The van der Waals surface area contributed by atoms with Crippen molar-refractivity contribution in [3.63, 3.8) is 0 Å². The van der Waals surface area contributed by atoms with Crippen molar-refractivity contribution >= 4 is 40.9 Å². The SMILES string of the molecule is CNC(=O)c1nnc(NC(=O)C2CC2)cc1Nc1cccc(-c2cnc(C(=O)N(CCOC)CC3=CC=CN(C)C3=C=O)c(F)c2)c1OC. The van der Waals surface area contributed by atoms with E-state index in [1.165, 1.54) is 44.5 Å². The minimum Gasteiger partial charge on any atom is -0.494 e. The third-order valence-electron chi connectivity index (χ3n) is 7.85. The van der Waals surface area contributed by atoms with Gasteiger partial charge in [0.05, 0.1) is 25.1 Å². The first-order valence-corrected chi connectivity index (χ1v) is 15.3. The van der Waals surface area contributed by atoms with Crippen molar-refractivity contribution in [1.29, 1.82) is 0 Å². The van der Waals surface area contributed by atoms with Gasteiger partial charge in [-0.2, -0.15) is 0 Å². The number of amides is 3. The van der Waals surface area contributed by atoms with Gasteiger partial charge in [0, 0.05) is 75.4 Å². The van der Waals surface area contributed by atoms with Crippen molar-refractivity contribution in [2.75, 3.05) is 58.6 Å². The number of carbonyl (C=O) groups excluding carboxylic acids is 4. The van der Waals surface area contributed by atoms with E-state index in [1.807, 2.05) is 5.94 Å². The van der Waals surface area contributed by atoms with E-state index in [1.54, 1.807) is 48.5 Å². The Labute approximate surface area is 281 Å². The predicted octanol–water partition coefficient (Wildman–Crippen LogP) is 3.33. The summed E-state index contributed by atoms with van der Waals surface area (Å²) in [6.07, 6.45) is 8.07. The van der Waals surface area contributed by atoms with E-state index in [2.05, 4.69) is 31.1 Å². The van der Waals surface area contributed by atoms with Crippen LogP contribution in [0.25, 0.3) is 11.1 Å². The molecule has 0 unspecified atom stereocenters. The molecule has 1 aromatic carbocycles. The van der Waals surface area contributed by atoms with Crippen LogP contribution in [0.1, 0.15) is 33.8 Å². The Balaban J connectivity index is 1.44. The Morgan fingerprint density at radius 3 is 2.59 bits per heavy atom. The Kier molecular flexibility index (Phi) is 10.8. The van der Waals surface area contributed by atoms with Crippen LogP contribution in [-0.2, 0) is 14.3 Å². The van der Waals surface area contributed by atoms with Crippen LogP contribution in [0.3, 0.4) is 0 Å². The molecule has 1 aliphatic heterocycles. The summed E-state index contributed by atoms with van der Waals surface area (Å²) >= 11 is 0. The number of rotatable bonds is 13. The molecule has 1 saturated carbocycles. The highest BCUT2D eigenvalue weighted by Gasteiger charge is 2.30. The highest BCUT2D eigenvalue weighted by atomic mass is 19.1. The van der Waals surface area contributed by atoms with E-state index in [-0.39, 0.29) is 60.2 Å². The van der Waals surface area contributed by atoms with Gasteiger partial charge in [-0.3, -0.25) is 14.4 Å². The molecule has 3 amide bonds. The van der Waals surface area contributed by atoms with Crippen molar-refractivity contribution < 1.29 is 33.0 Å². The van der Waals surface area contributed by atoms with Gasteiger partial charge in [-0.1, -0.05) is 18.2 Å². The monoisotopic (exact) mass is 670 g/mol. The number of benzene rings is 1. The minimum atomic E-state index is -0.873. The number of aromatic nitrogens is 3. The topological polar surface area (TPSA) is 168 Å². The molecule has 1 fully saturated rings. The van der Waals surface area contributed by atoms with Crippen molar-refractivity contribution in [3.8, 4) is 16.9 Å². The number of likely N-dealkylation sites (N-methyl/N-ethyl adjacent to an activating group) is 1. The Hall–Kier alpha value is -5.92. The molecule has 0 saturated heterocycles. The fourth-order valence-electron chi connectivity index (χ4n) is 5.12. The summed E-state index contributed by atoms with van der Waals surface area (Å²) in [4.78, 5) is 57.3. The molecule has 254 valence electrons. The number of allylic oxidation sites excluding steroid dienone is 2. The number of para-hydroxylation sites is 1. The van der Waals surface area contributed by atoms with Crippen LogP contribution in [0.4, 0.5) is 21.6 Å². The molecule has 0 spiro atoms. The van der Waals surface area contributed by atoms with E-state index in [0.29, 0.717) is 22.4 Å². The number of pyridine rings is 1. The molecule has 2 aromatic heterocycles. The lowest BCUT2D eigenvalue weighted by Gasteiger charge is -2.27. The number of nitrogens with one attached hydrogen (secondary N) is 3. The zero-order valence-corrected chi connectivity index (χ0v) is 27.4.